The molecule has 0 atom stereocenters. The highest BCUT2D eigenvalue weighted by Gasteiger charge is 2.18. The first-order valence-corrected chi connectivity index (χ1v) is 8.57. The third-order valence-electron chi connectivity index (χ3n) is 4.40. The zero-order valence-corrected chi connectivity index (χ0v) is 15.6. The van der Waals surface area contributed by atoms with E-state index >= 15 is 0 Å². The Hall–Kier alpha value is -1.59. The first-order valence-electron chi connectivity index (χ1n) is 7.77. The number of fused-ring (bicyclic) bond motifs is 1. The van der Waals surface area contributed by atoms with Crippen LogP contribution in [0.3, 0.4) is 0 Å². The van der Waals surface area contributed by atoms with Gasteiger partial charge in [0.2, 0.25) is 0 Å². The van der Waals surface area contributed by atoms with Gasteiger partial charge in [-0.3, -0.25) is 0 Å². The molecule has 122 valence electrons. The largest absolute Gasteiger partial charge is 0.496 e. The summed E-state index contributed by atoms with van der Waals surface area (Å²) in [5.74, 6) is 1.75. The minimum absolute atomic E-state index is 0.868. The van der Waals surface area contributed by atoms with Gasteiger partial charge in [0.1, 0.15) is 11.6 Å². The molecular weight excluding hydrogens is 354 g/mol. The molecule has 0 saturated heterocycles. The van der Waals surface area contributed by atoms with Crippen molar-refractivity contribution in [2.75, 3.05) is 26.0 Å². The quantitative estimate of drug-likeness (QED) is 0.871. The summed E-state index contributed by atoms with van der Waals surface area (Å²) in [4.78, 5) is 7.17. The smallest absolute Gasteiger partial charge is 0.145 e. The number of likely N-dealkylation sites (N-methyl/N-ethyl adjacent to an activating group) is 1. The summed E-state index contributed by atoms with van der Waals surface area (Å²) in [7, 11) is 3.84. The van der Waals surface area contributed by atoms with Crippen LogP contribution in [0.1, 0.15) is 22.4 Å². The Morgan fingerprint density at radius 3 is 2.83 bits per heavy atom. The fourth-order valence-electron chi connectivity index (χ4n) is 3.03. The van der Waals surface area contributed by atoms with Crippen molar-refractivity contribution in [3.63, 3.8) is 0 Å². The number of hydrogen-bond donors (Lipinski definition) is 1. The summed E-state index contributed by atoms with van der Waals surface area (Å²) < 4.78 is 6.43. The molecule has 4 nitrogen and oxygen atoms in total. The van der Waals surface area contributed by atoms with Crippen LogP contribution >= 0.6 is 15.9 Å². The molecule has 23 heavy (non-hydrogen) atoms. The summed E-state index contributed by atoms with van der Waals surface area (Å²) in [6, 6.07) is 6.25. The summed E-state index contributed by atoms with van der Waals surface area (Å²) in [6.07, 6.45) is 0.990. The third kappa shape index (κ3) is 3.21. The molecule has 2 aromatic rings. The van der Waals surface area contributed by atoms with E-state index in [9.17, 15) is 0 Å². The summed E-state index contributed by atoms with van der Waals surface area (Å²) in [5, 5.41) is 3.49. The monoisotopic (exact) mass is 375 g/mol. The van der Waals surface area contributed by atoms with Crippen LogP contribution in [0.5, 0.6) is 5.75 Å². The molecule has 0 radical (unpaired) electrons. The van der Waals surface area contributed by atoms with Gasteiger partial charge < -0.3 is 15.0 Å². The number of pyridine rings is 1. The molecule has 0 unspecified atom stereocenters. The number of benzene rings is 1. The zero-order chi connectivity index (χ0) is 16.6. The lowest BCUT2D eigenvalue weighted by Crippen LogP contribution is -2.27. The van der Waals surface area contributed by atoms with Crippen molar-refractivity contribution < 1.29 is 4.74 Å². The minimum atomic E-state index is 0.868. The van der Waals surface area contributed by atoms with E-state index in [0.29, 0.717) is 0 Å². The first kappa shape index (κ1) is 16.3. The SMILES string of the molecule is COc1ccc(C)c(Nc2nc3c(cc2Br)CN(C)CC3)c1C. The number of rotatable bonds is 3. The van der Waals surface area contributed by atoms with Crippen LogP contribution in [0.2, 0.25) is 0 Å². The number of nitrogens with one attached hydrogen (secondary N) is 1. The average molecular weight is 376 g/mol. The van der Waals surface area contributed by atoms with Crippen molar-refractivity contribution >= 4 is 27.4 Å². The Morgan fingerprint density at radius 1 is 1.30 bits per heavy atom. The number of methoxy groups -OCH3 is 1. The van der Waals surface area contributed by atoms with Crippen LogP contribution < -0.4 is 10.1 Å². The van der Waals surface area contributed by atoms with Gasteiger partial charge in [-0.2, -0.15) is 0 Å². The second kappa shape index (κ2) is 6.49. The molecule has 1 aliphatic heterocycles. The molecule has 0 amide bonds. The molecule has 1 aromatic heterocycles. The fraction of sp³-hybridized carbons (Fsp3) is 0.389. The van der Waals surface area contributed by atoms with Gasteiger partial charge in [-0.1, -0.05) is 6.07 Å². The predicted octanol–water partition coefficient (Wildman–Crippen LogP) is 4.20. The maximum atomic E-state index is 5.43. The van der Waals surface area contributed by atoms with E-state index in [1.54, 1.807) is 7.11 Å². The molecule has 1 N–H and O–H groups in total. The second-order valence-corrected chi connectivity index (χ2v) is 6.98. The number of halogens is 1. The summed E-state index contributed by atoms with van der Waals surface area (Å²) >= 11 is 3.66. The molecule has 0 bridgehead atoms. The Labute approximate surface area is 146 Å². The highest BCUT2D eigenvalue weighted by molar-refractivity contribution is 9.10. The van der Waals surface area contributed by atoms with Gasteiger partial charge in [-0.05, 0) is 60.1 Å². The van der Waals surface area contributed by atoms with E-state index in [2.05, 4.69) is 59.2 Å². The molecule has 0 fully saturated rings. The van der Waals surface area contributed by atoms with Crippen LogP contribution in [0.25, 0.3) is 0 Å². The number of aryl methyl sites for hydroxylation is 1. The van der Waals surface area contributed by atoms with Crippen LogP contribution in [0.4, 0.5) is 11.5 Å². The van der Waals surface area contributed by atoms with E-state index in [1.165, 1.54) is 16.8 Å². The van der Waals surface area contributed by atoms with Crippen molar-refractivity contribution in [1.29, 1.82) is 0 Å². The molecule has 0 saturated carbocycles. The molecular formula is C18H22BrN3O. The highest BCUT2D eigenvalue weighted by Crippen LogP contribution is 2.34. The maximum absolute atomic E-state index is 5.43. The highest BCUT2D eigenvalue weighted by atomic mass is 79.9. The topological polar surface area (TPSA) is 37.4 Å². The van der Waals surface area contributed by atoms with E-state index in [1.807, 2.05) is 6.07 Å². The van der Waals surface area contributed by atoms with Gasteiger partial charge in [0.05, 0.1) is 11.6 Å². The van der Waals surface area contributed by atoms with Gasteiger partial charge in [-0.15, -0.1) is 0 Å². The normalized spacial score (nSPS) is 14.5. The van der Waals surface area contributed by atoms with E-state index in [4.69, 9.17) is 9.72 Å². The van der Waals surface area contributed by atoms with E-state index in [-0.39, 0.29) is 0 Å². The predicted molar refractivity (Wildman–Crippen MR) is 97.7 cm³/mol. The molecule has 2 heterocycles. The number of ether oxygens (including phenoxy) is 1. The van der Waals surface area contributed by atoms with Crippen LogP contribution in [0.15, 0.2) is 22.7 Å². The van der Waals surface area contributed by atoms with E-state index < -0.39 is 0 Å². The lowest BCUT2D eigenvalue weighted by molar-refractivity contribution is 0.310. The Morgan fingerprint density at radius 2 is 2.09 bits per heavy atom. The second-order valence-electron chi connectivity index (χ2n) is 6.12. The lowest BCUT2D eigenvalue weighted by Gasteiger charge is -2.25. The number of hydrogen-bond acceptors (Lipinski definition) is 4. The fourth-order valence-corrected chi connectivity index (χ4v) is 3.50. The molecule has 1 aliphatic rings. The minimum Gasteiger partial charge on any atom is -0.496 e. The van der Waals surface area contributed by atoms with Crippen molar-refractivity contribution in [2.45, 2.75) is 26.8 Å². The van der Waals surface area contributed by atoms with Gasteiger partial charge in [-0.25, -0.2) is 4.98 Å². The Bertz CT molecular complexity index is 746. The summed E-state index contributed by atoms with van der Waals surface area (Å²) in [5.41, 5.74) is 5.82. The molecule has 3 rings (SSSR count). The van der Waals surface area contributed by atoms with Crippen LogP contribution in [0, 0.1) is 13.8 Å². The van der Waals surface area contributed by atoms with Gasteiger partial charge >= 0.3 is 0 Å². The number of aromatic nitrogens is 1. The molecule has 0 aliphatic carbocycles. The standard InChI is InChI=1S/C18H22BrN3O/c1-11-5-6-16(23-4)12(2)17(11)21-18-14(19)9-13-10-22(3)8-7-15(13)20-18/h5-6,9H,7-8,10H2,1-4H3,(H,20,21). The third-order valence-corrected chi connectivity index (χ3v) is 5.01. The lowest BCUT2D eigenvalue weighted by atomic mass is 10.1. The van der Waals surface area contributed by atoms with Crippen LogP contribution in [-0.4, -0.2) is 30.6 Å². The number of anilines is 2. The van der Waals surface area contributed by atoms with Crippen molar-refractivity contribution in [1.82, 2.24) is 9.88 Å². The van der Waals surface area contributed by atoms with Crippen molar-refractivity contribution in [3.8, 4) is 5.75 Å². The van der Waals surface area contributed by atoms with Gasteiger partial charge in [0.15, 0.2) is 0 Å². The Balaban J connectivity index is 1.98. The zero-order valence-electron chi connectivity index (χ0n) is 14.0. The summed E-state index contributed by atoms with van der Waals surface area (Å²) in [6.45, 7) is 6.17. The maximum Gasteiger partial charge on any atom is 0.145 e. The van der Waals surface area contributed by atoms with Crippen molar-refractivity contribution in [2.24, 2.45) is 0 Å². The first-order chi connectivity index (χ1) is 11.0. The Kier molecular flexibility index (Phi) is 4.60. The van der Waals surface area contributed by atoms with Gasteiger partial charge in [0, 0.05) is 36.5 Å². The number of nitrogens with zero attached hydrogens (tertiary/aromatic N) is 2. The van der Waals surface area contributed by atoms with Crippen molar-refractivity contribution in [3.05, 3.63) is 45.1 Å². The molecule has 5 heteroatoms. The molecule has 1 aromatic carbocycles. The average Bonchev–Trinajstić information content (AvgIpc) is 2.52. The molecule has 0 spiro atoms. The van der Waals surface area contributed by atoms with Gasteiger partial charge in [0.25, 0.3) is 0 Å². The van der Waals surface area contributed by atoms with E-state index in [0.717, 1.165) is 46.8 Å². The van der Waals surface area contributed by atoms with Crippen LogP contribution in [-0.2, 0) is 13.0 Å².